The number of hydrogen-bond acceptors (Lipinski definition) is 2. The van der Waals surface area contributed by atoms with Crippen LogP contribution >= 0.6 is 15.9 Å². The highest BCUT2D eigenvalue weighted by Crippen LogP contribution is 2.05. The molecular weight excluding hydrogens is 239 g/mol. The minimum atomic E-state index is -0.560. The van der Waals surface area contributed by atoms with E-state index in [1.54, 1.807) is 12.1 Å². The molecule has 1 rings (SSSR count). The summed E-state index contributed by atoms with van der Waals surface area (Å²) < 4.78 is 12.4. The molecule has 0 saturated heterocycles. The number of nitrogens with one attached hydrogen (secondary N) is 1. The van der Waals surface area contributed by atoms with Gasteiger partial charge >= 0.3 is 0 Å². The predicted molar refractivity (Wildman–Crippen MR) is 50.2 cm³/mol. The summed E-state index contributed by atoms with van der Waals surface area (Å²) in [6, 6.07) is 3.27. The van der Waals surface area contributed by atoms with Crippen molar-refractivity contribution in [2.24, 2.45) is 0 Å². The van der Waals surface area contributed by atoms with E-state index >= 15 is 0 Å². The molecule has 3 nitrogen and oxygen atoms in total. The summed E-state index contributed by atoms with van der Waals surface area (Å²) in [4.78, 5) is 15.1. The molecule has 1 heterocycles. The van der Waals surface area contributed by atoms with Gasteiger partial charge in [-0.3, -0.25) is 4.79 Å². The third-order valence-corrected chi connectivity index (χ3v) is 1.84. The van der Waals surface area contributed by atoms with Crippen molar-refractivity contribution >= 4 is 21.8 Å². The summed E-state index contributed by atoms with van der Waals surface area (Å²) in [5.41, 5.74) is 0.427. The Labute approximate surface area is 83.5 Å². The fraction of sp³-hybridized carbons (Fsp3) is 0.250. The average molecular weight is 247 g/mol. The van der Waals surface area contributed by atoms with Gasteiger partial charge in [0.25, 0.3) is 5.91 Å². The van der Waals surface area contributed by atoms with E-state index in [1.807, 2.05) is 0 Å². The maximum Gasteiger partial charge on any atom is 0.252 e. The van der Waals surface area contributed by atoms with Crippen LogP contribution in [0.15, 0.2) is 22.9 Å². The minimum absolute atomic E-state index is 0.0366. The number of carbonyl (C=O) groups excluding carboxylic acids is 1. The van der Waals surface area contributed by atoms with E-state index in [4.69, 9.17) is 0 Å². The van der Waals surface area contributed by atoms with E-state index < -0.39 is 6.67 Å². The number of amides is 1. The lowest BCUT2D eigenvalue weighted by atomic mass is 10.3. The molecule has 1 N–H and O–H groups in total. The zero-order valence-corrected chi connectivity index (χ0v) is 8.34. The Morgan fingerprint density at radius 3 is 2.92 bits per heavy atom. The molecule has 0 aliphatic heterocycles. The van der Waals surface area contributed by atoms with Crippen molar-refractivity contribution in [2.75, 3.05) is 13.2 Å². The molecule has 0 unspecified atom stereocenters. The standard InChI is InChI=1S/C8H8BrFN2O/c9-7-2-1-6(5-12-7)8(13)11-4-3-10/h1-2,5H,3-4H2,(H,11,13). The predicted octanol–water partition coefficient (Wildman–Crippen LogP) is 1.54. The van der Waals surface area contributed by atoms with E-state index in [0.717, 1.165) is 0 Å². The summed E-state index contributed by atoms with van der Waals surface area (Å²) in [5.74, 6) is -0.308. The maximum absolute atomic E-state index is 11.7. The molecule has 0 aromatic carbocycles. The number of alkyl halides is 1. The van der Waals surface area contributed by atoms with Gasteiger partial charge in [0.1, 0.15) is 11.3 Å². The zero-order chi connectivity index (χ0) is 9.68. The fourth-order valence-electron chi connectivity index (χ4n) is 0.773. The first-order chi connectivity index (χ1) is 6.24. The first kappa shape index (κ1) is 10.1. The van der Waals surface area contributed by atoms with E-state index in [9.17, 15) is 9.18 Å². The van der Waals surface area contributed by atoms with Gasteiger partial charge in [-0.25, -0.2) is 9.37 Å². The van der Waals surface area contributed by atoms with Crippen LogP contribution in [0.1, 0.15) is 10.4 Å². The van der Waals surface area contributed by atoms with Crippen molar-refractivity contribution in [3.63, 3.8) is 0 Å². The largest absolute Gasteiger partial charge is 0.349 e. The lowest BCUT2D eigenvalue weighted by molar-refractivity contribution is 0.0950. The molecule has 0 atom stereocenters. The highest BCUT2D eigenvalue weighted by molar-refractivity contribution is 9.10. The van der Waals surface area contributed by atoms with Gasteiger partial charge in [-0.15, -0.1) is 0 Å². The molecule has 0 saturated carbocycles. The first-order valence-corrected chi connectivity index (χ1v) is 4.49. The molecule has 5 heteroatoms. The summed E-state index contributed by atoms with van der Waals surface area (Å²) in [6.07, 6.45) is 1.43. The maximum atomic E-state index is 11.7. The van der Waals surface area contributed by atoms with Crippen LogP contribution in [0.2, 0.25) is 0 Å². The van der Waals surface area contributed by atoms with Crippen LogP contribution in [-0.2, 0) is 0 Å². The highest BCUT2D eigenvalue weighted by Gasteiger charge is 2.03. The number of rotatable bonds is 3. The summed E-state index contributed by atoms with van der Waals surface area (Å²) in [6.45, 7) is -0.523. The van der Waals surface area contributed by atoms with Crippen molar-refractivity contribution in [1.29, 1.82) is 0 Å². The molecular formula is C8H8BrFN2O. The van der Waals surface area contributed by atoms with Crippen LogP contribution < -0.4 is 5.32 Å². The number of nitrogens with zero attached hydrogens (tertiary/aromatic N) is 1. The van der Waals surface area contributed by atoms with Gasteiger partial charge < -0.3 is 5.32 Å². The molecule has 70 valence electrons. The van der Waals surface area contributed by atoms with Crippen LogP contribution in [0.4, 0.5) is 4.39 Å². The third kappa shape index (κ3) is 3.10. The van der Waals surface area contributed by atoms with Crippen molar-refractivity contribution in [2.45, 2.75) is 0 Å². The molecule has 0 fully saturated rings. The Kier molecular flexibility index (Phi) is 3.82. The summed E-state index contributed by atoms with van der Waals surface area (Å²) in [5, 5.41) is 2.40. The molecule has 1 aromatic heterocycles. The number of halogens is 2. The smallest absolute Gasteiger partial charge is 0.252 e. The van der Waals surface area contributed by atoms with Crippen LogP contribution in [0.5, 0.6) is 0 Å². The second-order valence-electron chi connectivity index (χ2n) is 2.31. The molecule has 13 heavy (non-hydrogen) atoms. The van der Waals surface area contributed by atoms with Gasteiger partial charge in [0.15, 0.2) is 0 Å². The molecule has 0 bridgehead atoms. The van der Waals surface area contributed by atoms with Gasteiger partial charge in [0.05, 0.1) is 5.56 Å². The number of pyridine rings is 1. The summed E-state index contributed by atoms with van der Waals surface area (Å²) >= 11 is 3.14. The molecule has 0 aliphatic carbocycles. The van der Waals surface area contributed by atoms with Gasteiger partial charge in [-0.05, 0) is 28.1 Å². The molecule has 1 amide bonds. The van der Waals surface area contributed by atoms with Gasteiger partial charge in [0.2, 0.25) is 0 Å². The summed E-state index contributed by atoms with van der Waals surface area (Å²) in [7, 11) is 0. The average Bonchev–Trinajstić information content (AvgIpc) is 2.15. The van der Waals surface area contributed by atoms with E-state index in [-0.39, 0.29) is 12.5 Å². The molecule has 0 aliphatic rings. The zero-order valence-electron chi connectivity index (χ0n) is 6.76. The minimum Gasteiger partial charge on any atom is -0.349 e. The number of aromatic nitrogens is 1. The Morgan fingerprint density at radius 2 is 2.38 bits per heavy atom. The van der Waals surface area contributed by atoms with Crippen molar-refractivity contribution < 1.29 is 9.18 Å². The van der Waals surface area contributed by atoms with Crippen LogP contribution in [0.25, 0.3) is 0 Å². The van der Waals surface area contributed by atoms with E-state index in [0.29, 0.717) is 10.2 Å². The van der Waals surface area contributed by atoms with Crippen molar-refractivity contribution in [3.8, 4) is 0 Å². The van der Waals surface area contributed by atoms with Gasteiger partial charge in [-0.2, -0.15) is 0 Å². The normalized spacial score (nSPS) is 9.69. The Morgan fingerprint density at radius 1 is 1.62 bits per heavy atom. The lowest BCUT2D eigenvalue weighted by Crippen LogP contribution is -2.25. The second-order valence-corrected chi connectivity index (χ2v) is 3.13. The van der Waals surface area contributed by atoms with Crippen LogP contribution in [0, 0.1) is 0 Å². The monoisotopic (exact) mass is 246 g/mol. The second kappa shape index (κ2) is 4.91. The van der Waals surface area contributed by atoms with Crippen molar-refractivity contribution in [1.82, 2.24) is 10.3 Å². The Bertz CT molecular complexity index is 289. The van der Waals surface area contributed by atoms with Gasteiger partial charge in [0, 0.05) is 12.7 Å². The Balaban J connectivity index is 2.61. The quantitative estimate of drug-likeness (QED) is 0.823. The molecule has 0 spiro atoms. The highest BCUT2D eigenvalue weighted by atomic mass is 79.9. The van der Waals surface area contributed by atoms with E-state index in [2.05, 4.69) is 26.2 Å². The first-order valence-electron chi connectivity index (χ1n) is 3.70. The van der Waals surface area contributed by atoms with Crippen molar-refractivity contribution in [3.05, 3.63) is 28.5 Å². The SMILES string of the molecule is O=C(NCCF)c1ccc(Br)nc1. The van der Waals surface area contributed by atoms with Crippen LogP contribution in [-0.4, -0.2) is 24.1 Å². The number of hydrogen-bond donors (Lipinski definition) is 1. The van der Waals surface area contributed by atoms with Crippen LogP contribution in [0.3, 0.4) is 0 Å². The van der Waals surface area contributed by atoms with Gasteiger partial charge in [-0.1, -0.05) is 0 Å². The molecule has 0 radical (unpaired) electrons. The third-order valence-electron chi connectivity index (χ3n) is 1.37. The molecule has 1 aromatic rings. The number of carbonyl (C=O) groups is 1. The topological polar surface area (TPSA) is 42.0 Å². The van der Waals surface area contributed by atoms with E-state index in [1.165, 1.54) is 6.20 Å². The fourth-order valence-corrected chi connectivity index (χ4v) is 1.01. The lowest BCUT2D eigenvalue weighted by Gasteiger charge is -2.01. The Hall–Kier alpha value is -0.970.